The molecule has 0 radical (unpaired) electrons. The summed E-state index contributed by atoms with van der Waals surface area (Å²) in [6.07, 6.45) is 5.68. The van der Waals surface area contributed by atoms with Gasteiger partial charge >= 0.3 is 6.09 Å². The highest BCUT2D eigenvalue weighted by molar-refractivity contribution is 5.65. The zero-order valence-electron chi connectivity index (χ0n) is 14.2. The molecule has 0 saturated carbocycles. The van der Waals surface area contributed by atoms with Gasteiger partial charge in [-0.3, -0.25) is 0 Å². The molecule has 0 aromatic heterocycles. The first-order chi connectivity index (χ1) is 11.6. The Morgan fingerprint density at radius 1 is 1.04 bits per heavy atom. The molecule has 5 heteroatoms. The minimum atomic E-state index is -0.816. The van der Waals surface area contributed by atoms with Gasteiger partial charge in [-0.15, -0.1) is 0 Å². The molecule has 2 saturated heterocycles. The first-order valence-corrected chi connectivity index (χ1v) is 9.01. The number of likely N-dealkylation sites (tertiary alicyclic amines) is 2. The van der Waals surface area contributed by atoms with Crippen LogP contribution in [0.15, 0.2) is 24.3 Å². The average molecular weight is 334 g/mol. The van der Waals surface area contributed by atoms with Crippen LogP contribution < -0.4 is 0 Å². The zero-order valence-corrected chi connectivity index (χ0v) is 14.2. The molecule has 0 unspecified atom stereocenters. The molecule has 1 aromatic carbocycles. The van der Waals surface area contributed by atoms with Crippen molar-refractivity contribution in [2.24, 2.45) is 5.41 Å². The predicted molar refractivity (Wildman–Crippen MR) is 91.7 cm³/mol. The molecule has 0 spiro atoms. The third-order valence-corrected chi connectivity index (χ3v) is 5.59. The van der Waals surface area contributed by atoms with E-state index in [9.17, 15) is 14.3 Å². The molecular weight excluding hydrogens is 307 g/mol. The SMILES string of the molecule is O=C(O)N1CCC(Cc2ccc(F)cc2)(CN2CCCCC2)CC1. The fraction of sp³-hybridized carbons (Fsp3) is 0.632. The van der Waals surface area contributed by atoms with Crippen LogP contribution >= 0.6 is 0 Å². The molecule has 4 nitrogen and oxygen atoms in total. The summed E-state index contributed by atoms with van der Waals surface area (Å²) < 4.78 is 13.2. The Kier molecular flexibility index (Phi) is 5.39. The number of halogens is 1. The summed E-state index contributed by atoms with van der Waals surface area (Å²) in [7, 11) is 0. The maximum Gasteiger partial charge on any atom is 0.407 e. The van der Waals surface area contributed by atoms with Gasteiger partial charge in [-0.25, -0.2) is 9.18 Å². The van der Waals surface area contributed by atoms with E-state index >= 15 is 0 Å². The lowest BCUT2D eigenvalue weighted by Crippen LogP contribution is -2.49. The van der Waals surface area contributed by atoms with Crippen molar-refractivity contribution < 1.29 is 14.3 Å². The Bertz CT molecular complexity index is 547. The normalized spacial score (nSPS) is 21.6. The van der Waals surface area contributed by atoms with Crippen molar-refractivity contribution >= 4 is 6.09 Å². The van der Waals surface area contributed by atoms with Gasteiger partial charge in [0.05, 0.1) is 0 Å². The minimum absolute atomic E-state index is 0.0983. The third kappa shape index (κ3) is 4.26. The van der Waals surface area contributed by atoms with Crippen LogP contribution in [0.5, 0.6) is 0 Å². The van der Waals surface area contributed by atoms with Gasteiger partial charge in [0.25, 0.3) is 0 Å². The quantitative estimate of drug-likeness (QED) is 0.915. The summed E-state index contributed by atoms with van der Waals surface area (Å²) in [5.74, 6) is -0.204. The second-order valence-electron chi connectivity index (χ2n) is 7.41. The number of hydrogen-bond donors (Lipinski definition) is 1. The van der Waals surface area contributed by atoms with E-state index in [0.29, 0.717) is 13.1 Å². The number of carbonyl (C=O) groups is 1. The molecule has 132 valence electrons. The van der Waals surface area contributed by atoms with Crippen LogP contribution in [0.1, 0.15) is 37.7 Å². The number of carboxylic acid groups (broad SMARTS) is 1. The van der Waals surface area contributed by atoms with Crippen molar-refractivity contribution in [3.05, 3.63) is 35.6 Å². The fourth-order valence-corrected chi connectivity index (χ4v) is 4.19. The van der Waals surface area contributed by atoms with Crippen LogP contribution in [-0.2, 0) is 6.42 Å². The van der Waals surface area contributed by atoms with E-state index in [1.165, 1.54) is 36.3 Å². The largest absolute Gasteiger partial charge is 0.465 e. The lowest BCUT2D eigenvalue weighted by molar-refractivity contribution is 0.0532. The van der Waals surface area contributed by atoms with Crippen molar-refractivity contribution in [2.45, 2.75) is 38.5 Å². The summed E-state index contributed by atoms with van der Waals surface area (Å²) in [4.78, 5) is 15.3. The molecule has 1 N–H and O–H groups in total. The van der Waals surface area contributed by atoms with Gasteiger partial charge < -0.3 is 14.9 Å². The van der Waals surface area contributed by atoms with Gasteiger partial charge in [-0.1, -0.05) is 18.6 Å². The molecule has 2 heterocycles. The van der Waals surface area contributed by atoms with Gasteiger partial charge in [0.2, 0.25) is 0 Å². The standard InChI is InChI=1S/C19H27FN2O2/c20-17-6-4-16(5-7-17)14-19(15-21-10-2-1-3-11-21)8-12-22(13-9-19)18(23)24/h4-7H,1-3,8-15H2,(H,23,24). The molecule has 0 aliphatic carbocycles. The zero-order chi connectivity index (χ0) is 17.0. The van der Waals surface area contributed by atoms with E-state index in [0.717, 1.165) is 44.5 Å². The number of benzene rings is 1. The maximum atomic E-state index is 13.2. The van der Waals surface area contributed by atoms with Crippen molar-refractivity contribution in [1.82, 2.24) is 9.80 Å². The lowest BCUT2D eigenvalue weighted by Gasteiger charge is -2.45. The van der Waals surface area contributed by atoms with Crippen LogP contribution in [0.3, 0.4) is 0 Å². The summed E-state index contributed by atoms with van der Waals surface area (Å²) in [5.41, 5.74) is 1.25. The van der Waals surface area contributed by atoms with Gasteiger partial charge in [-0.2, -0.15) is 0 Å². The fourth-order valence-electron chi connectivity index (χ4n) is 4.19. The van der Waals surface area contributed by atoms with Gasteiger partial charge in [0.15, 0.2) is 0 Å². The average Bonchev–Trinajstić information content (AvgIpc) is 2.58. The van der Waals surface area contributed by atoms with Crippen molar-refractivity contribution in [3.8, 4) is 0 Å². The summed E-state index contributed by atoms with van der Waals surface area (Å²) in [6, 6.07) is 6.79. The molecule has 2 aliphatic rings. The predicted octanol–water partition coefficient (Wildman–Crippen LogP) is 3.61. The first-order valence-electron chi connectivity index (χ1n) is 9.01. The number of amides is 1. The van der Waals surface area contributed by atoms with Gasteiger partial charge in [0.1, 0.15) is 5.82 Å². The topological polar surface area (TPSA) is 43.8 Å². The van der Waals surface area contributed by atoms with E-state index in [1.54, 1.807) is 0 Å². The molecular formula is C19H27FN2O2. The van der Waals surface area contributed by atoms with E-state index in [1.807, 2.05) is 12.1 Å². The Balaban J connectivity index is 1.72. The van der Waals surface area contributed by atoms with Gasteiger partial charge in [-0.05, 0) is 68.3 Å². The van der Waals surface area contributed by atoms with Crippen LogP contribution in [0, 0.1) is 11.2 Å². The van der Waals surface area contributed by atoms with Crippen LogP contribution in [-0.4, -0.2) is 53.7 Å². The molecule has 2 fully saturated rings. The highest BCUT2D eigenvalue weighted by Crippen LogP contribution is 2.37. The second kappa shape index (κ2) is 7.51. The lowest BCUT2D eigenvalue weighted by atomic mass is 9.73. The Labute approximate surface area is 143 Å². The molecule has 0 bridgehead atoms. The van der Waals surface area contributed by atoms with E-state index < -0.39 is 6.09 Å². The molecule has 3 rings (SSSR count). The molecule has 1 aromatic rings. The number of rotatable bonds is 4. The molecule has 2 aliphatic heterocycles. The molecule has 0 atom stereocenters. The van der Waals surface area contributed by atoms with E-state index in [-0.39, 0.29) is 11.2 Å². The smallest absolute Gasteiger partial charge is 0.407 e. The summed E-state index contributed by atoms with van der Waals surface area (Å²) in [6.45, 7) is 4.52. The van der Waals surface area contributed by atoms with Crippen LogP contribution in [0.4, 0.5) is 9.18 Å². The Morgan fingerprint density at radius 3 is 2.25 bits per heavy atom. The van der Waals surface area contributed by atoms with Crippen molar-refractivity contribution in [2.75, 3.05) is 32.7 Å². The number of piperidine rings is 2. The minimum Gasteiger partial charge on any atom is -0.465 e. The van der Waals surface area contributed by atoms with Crippen LogP contribution in [0.25, 0.3) is 0 Å². The van der Waals surface area contributed by atoms with E-state index in [2.05, 4.69) is 4.90 Å². The Morgan fingerprint density at radius 2 is 1.67 bits per heavy atom. The Hall–Kier alpha value is -1.62. The number of nitrogens with zero attached hydrogens (tertiary/aromatic N) is 2. The highest BCUT2D eigenvalue weighted by Gasteiger charge is 2.37. The third-order valence-electron chi connectivity index (χ3n) is 5.59. The summed E-state index contributed by atoms with van der Waals surface area (Å²) >= 11 is 0. The highest BCUT2D eigenvalue weighted by atomic mass is 19.1. The number of hydrogen-bond acceptors (Lipinski definition) is 2. The van der Waals surface area contributed by atoms with Crippen molar-refractivity contribution in [1.29, 1.82) is 0 Å². The monoisotopic (exact) mass is 334 g/mol. The van der Waals surface area contributed by atoms with E-state index in [4.69, 9.17) is 0 Å². The summed E-state index contributed by atoms with van der Waals surface area (Å²) in [5, 5.41) is 9.22. The van der Waals surface area contributed by atoms with Gasteiger partial charge in [0, 0.05) is 19.6 Å². The molecule has 1 amide bonds. The van der Waals surface area contributed by atoms with Crippen molar-refractivity contribution in [3.63, 3.8) is 0 Å². The molecule has 24 heavy (non-hydrogen) atoms. The first kappa shape index (κ1) is 17.2. The van der Waals surface area contributed by atoms with Crippen LogP contribution in [0.2, 0.25) is 0 Å². The second-order valence-corrected chi connectivity index (χ2v) is 7.41. The maximum absolute atomic E-state index is 13.2.